The van der Waals surface area contributed by atoms with Crippen LogP contribution >= 0.6 is 0 Å². The first kappa shape index (κ1) is 44.2. The van der Waals surface area contributed by atoms with Crippen molar-refractivity contribution in [3.8, 4) is 77.9 Å². The third kappa shape index (κ3) is 7.01. The molecular formula is C78H48. The third-order valence-electron chi connectivity index (χ3n) is 16.8. The van der Waals surface area contributed by atoms with Gasteiger partial charge in [-0.25, -0.2) is 0 Å². The average Bonchev–Trinajstić information content (AvgIpc) is 3.65. The summed E-state index contributed by atoms with van der Waals surface area (Å²) in [6.07, 6.45) is 0. The van der Waals surface area contributed by atoms with E-state index >= 15 is 0 Å². The van der Waals surface area contributed by atoms with Crippen LogP contribution in [-0.2, 0) is 0 Å². The number of hydrogen-bond donors (Lipinski definition) is 0. The lowest BCUT2D eigenvalue weighted by atomic mass is 9.81. The van der Waals surface area contributed by atoms with Crippen molar-refractivity contribution in [3.05, 3.63) is 291 Å². The van der Waals surface area contributed by atoms with Gasteiger partial charge in [-0.2, -0.15) is 0 Å². The Kier molecular flexibility index (Phi) is 10.0. The maximum Gasteiger partial charge on any atom is -0.00139 e. The second-order valence-corrected chi connectivity index (χ2v) is 21.0. The Hall–Kier alpha value is -10.1. The summed E-state index contributed by atoms with van der Waals surface area (Å²) in [7, 11) is 0. The normalized spacial score (nSPS) is 11.8. The molecule has 0 saturated heterocycles. The molecule has 0 atom stereocenters. The smallest absolute Gasteiger partial charge is 0.00139 e. The van der Waals surface area contributed by atoms with Crippen molar-refractivity contribution in [3.63, 3.8) is 0 Å². The summed E-state index contributed by atoms with van der Waals surface area (Å²) in [4.78, 5) is 0. The second kappa shape index (κ2) is 17.7. The van der Waals surface area contributed by atoms with E-state index in [0.29, 0.717) is 0 Å². The van der Waals surface area contributed by atoms with Crippen molar-refractivity contribution >= 4 is 86.2 Å². The van der Waals surface area contributed by atoms with Crippen molar-refractivity contribution in [2.45, 2.75) is 0 Å². The Labute approximate surface area is 452 Å². The summed E-state index contributed by atoms with van der Waals surface area (Å²) in [5.41, 5.74) is 17.1. The van der Waals surface area contributed by atoms with Crippen LogP contribution in [0.5, 0.6) is 0 Å². The number of hydrogen-bond acceptors (Lipinski definition) is 0. The number of rotatable bonds is 7. The minimum absolute atomic E-state index is 1.19. The van der Waals surface area contributed by atoms with E-state index in [2.05, 4.69) is 291 Å². The summed E-state index contributed by atoms with van der Waals surface area (Å²) in [6.45, 7) is 0. The molecule has 16 aromatic carbocycles. The molecule has 16 rings (SSSR count). The summed E-state index contributed by atoms with van der Waals surface area (Å²) < 4.78 is 0. The molecule has 0 aliphatic rings. The number of fused-ring (bicyclic) bond motifs is 6. The van der Waals surface area contributed by atoms with E-state index in [4.69, 9.17) is 0 Å². The summed E-state index contributed by atoms with van der Waals surface area (Å²) in [5, 5.41) is 20.1. The van der Waals surface area contributed by atoms with Gasteiger partial charge in [-0.15, -0.1) is 0 Å². The van der Waals surface area contributed by atoms with E-state index in [0.717, 1.165) is 0 Å². The molecule has 0 aliphatic carbocycles. The Balaban J connectivity index is 0.967. The maximum atomic E-state index is 2.49. The highest BCUT2D eigenvalue weighted by atomic mass is 14.3. The van der Waals surface area contributed by atoms with Gasteiger partial charge in [-0.3, -0.25) is 0 Å². The van der Waals surface area contributed by atoms with Crippen LogP contribution in [-0.4, -0.2) is 0 Å². The molecule has 0 spiro atoms. The molecule has 0 fully saturated rings. The SMILES string of the molecule is c1ccc2c(-c3ccc(-c4cc(-c5ccc(-c6cccc7ccccc67)cc5)c5ccc6c(-c7cc8ccccc8c8ccccc78)cc(-c7ccc(-c8cccc9ccccc89)cc7)c7ccc4c5c76)cc3)cccc2c1. The van der Waals surface area contributed by atoms with Crippen molar-refractivity contribution < 1.29 is 0 Å². The highest BCUT2D eigenvalue weighted by Crippen LogP contribution is 2.50. The van der Waals surface area contributed by atoms with Gasteiger partial charge in [0.1, 0.15) is 0 Å². The molecule has 0 aliphatic heterocycles. The van der Waals surface area contributed by atoms with E-state index in [1.165, 1.54) is 164 Å². The summed E-state index contributed by atoms with van der Waals surface area (Å²) >= 11 is 0. The summed E-state index contributed by atoms with van der Waals surface area (Å²) in [6, 6.07) is 109. The Morgan fingerprint density at radius 2 is 0.397 bits per heavy atom. The number of benzene rings is 16. The van der Waals surface area contributed by atoms with E-state index in [1.54, 1.807) is 0 Å². The van der Waals surface area contributed by atoms with Crippen LogP contribution in [0.15, 0.2) is 291 Å². The molecule has 0 saturated carbocycles. The molecule has 0 radical (unpaired) electrons. The molecule has 360 valence electrons. The molecular weight excluding hydrogens is 937 g/mol. The average molecular weight is 985 g/mol. The quantitative estimate of drug-likeness (QED) is 0.140. The minimum atomic E-state index is 1.19. The van der Waals surface area contributed by atoms with E-state index in [1.807, 2.05) is 0 Å². The van der Waals surface area contributed by atoms with Gasteiger partial charge >= 0.3 is 0 Å². The Morgan fingerprint density at radius 3 is 0.795 bits per heavy atom. The van der Waals surface area contributed by atoms with Gasteiger partial charge < -0.3 is 0 Å². The minimum Gasteiger partial charge on any atom is -0.0616 e. The van der Waals surface area contributed by atoms with Gasteiger partial charge in [0, 0.05) is 0 Å². The van der Waals surface area contributed by atoms with Crippen LogP contribution in [0.25, 0.3) is 164 Å². The lowest BCUT2D eigenvalue weighted by molar-refractivity contribution is 1.61. The first-order valence-corrected chi connectivity index (χ1v) is 27.1. The van der Waals surface area contributed by atoms with Gasteiger partial charge in [0.05, 0.1) is 0 Å². The lowest BCUT2D eigenvalue weighted by Crippen LogP contribution is -1.95. The summed E-state index contributed by atoms with van der Waals surface area (Å²) in [5.74, 6) is 0. The predicted molar refractivity (Wildman–Crippen MR) is 336 cm³/mol. The highest BCUT2D eigenvalue weighted by molar-refractivity contribution is 6.33. The molecule has 16 aromatic rings. The van der Waals surface area contributed by atoms with Crippen molar-refractivity contribution in [2.24, 2.45) is 0 Å². The molecule has 0 N–H and O–H groups in total. The van der Waals surface area contributed by atoms with Crippen molar-refractivity contribution in [1.82, 2.24) is 0 Å². The molecule has 78 heavy (non-hydrogen) atoms. The zero-order valence-corrected chi connectivity index (χ0v) is 42.7. The van der Waals surface area contributed by atoms with Gasteiger partial charge in [-0.1, -0.05) is 273 Å². The first-order chi connectivity index (χ1) is 38.7. The van der Waals surface area contributed by atoms with E-state index < -0.39 is 0 Å². The standard InChI is InChI=1S/C78H48/c1-5-21-59-49(14-1)18-11-27-62(59)52-30-36-55(37-31-52)72-47-73(56-38-32-53(33-39-56)63-28-12-19-50-15-2-6-22-60(50)63)69-44-45-71-76(75-46-58-17-4-8-24-65(58)66-25-9-10-26-67(66)75)48-74(70-43-42-68(72)77(69)78(70)71)57-40-34-54(35-41-57)64-29-13-20-51-16-3-7-23-61(51)64/h1-48H. The van der Waals surface area contributed by atoms with Crippen LogP contribution in [0.4, 0.5) is 0 Å². The van der Waals surface area contributed by atoms with Gasteiger partial charge in [0.15, 0.2) is 0 Å². The molecule has 0 unspecified atom stereocenters. The molecule has 0 heteroatoms. The first-order valence-electron chi connectivity index (χ1n) is 27.1. The fourth-order valence-corrected chi connectivity index (χ4v) is 13.1. The van der Waals surface area contributed by atoms with Crippen LogP contribution < -0.4 is 0 Å². The van der Waals surface area contributed by atoms with Crippen LogP contribution in [0, 0.1) is 0 Å². The maximum absolute atomic E-state index is 2.49. The molecule has 0 bridgehead atoms. The largest absolute Gasteiger partial charge is 0.0616 e. The zero-order chi connectivity index (χ0) is 51.3. The zero-order valence-electron chi connectivity index (χ0n) is 42.7. The highest BCUT2D eigenvalue weighted by Gasteiger charge is 2.23. The fraction of sp³-hybridized carbons (Fsp3) is 0. The molecule has 0 heterocycles. The monoisotopic (exact) mass is 984 g/mol. The van der Waals surface area contributed by atoms with Crippen LogP contribution in [0.2, 0.25) is 0 Å². The Bertz CT molecular complexity index is 4880. The van der Waals surface area contributed by atoms with E-state index in [9.17, 15) is 0 Å². The van der Waals surface area contributed by atoms with Gasteiger partial charge in [-0.05, 0) is 182 Å². The lowest BCUT2D eigenvalue weighted by Gasteiger charge is -2.22. The van der Waals surface area contributed by atoms with E-state index in [-0.39, 0.29) is 0 Å². The third-order valence-corrected chi connectivity index (χ3v) is 16.8. The molecule has 0 amide bonds. The topological polar surface area (TPSA) is 0 Å². The molecule has 0 aromatic heterocycles. The second-order valence-electron chi connectivity index (χ2n) is 21.0. The van der Waals surface area contributed by atoms with Crippen molar-refractivity contribution in [2.75, 3.05) is 0 Å². The van der Waals surface area contributed by atoms with Crippen LogP contribution in [0.1, 0.15) is 0 Å². The van der Waals surface area contributed by atoms with Crippen LogP contribution in [0.3, 0.4) is 0 Å². The molecule has 0 nitrogen and oxygen atoms in total. The fourth-order valence-electron chi connectivity index (χ4n) is 13.1. The Morgan fingerprint density at radius 1 is 0.128 bits per heavy atom. The predicted octanol–water partition coefficient (Wildman–Crippen LogP) is 22.0. The van der Waals surface area contributed by atoms with Gasteiger partial charge in [0.25, 0.3) is 0 Å². The van der Waals surface area contributed by atoms with Crippen molar-refractivity contribution in [1.29, 1.82) is 0 Å². The van der Waals surface area contributed by atoms with Gasteiger partial charge in [0.2, 0.25) is 0 Å².